The number of rotatable bonds is 3. The Labute approximate surface area is 132 Å². The summed E-state index contributed by atoms with van der Waals surface area (Å²) in [7, 11) is 0. The molecule has 1 atom stereocenters. The molecule has 23 heavy (non-hydrogen) atoms. The number of carbonyl (C=O) groups is 1. The van der Waals surface area contributed by atoms with Crippen molar-refractivity contribution in [3.63, 3.8) is 0 Å². The van der Waals surface area contributed by atoms with E-state index < -0.39 is 29.2 Å². The lowest BCUT2D eigenvalue weighted by molar-refractivity contribution is -0.130. The Bertz CT molecular complexity index is 760. The van der Waals surface area contributed by atoms with Crippen LogP contribution in [0.1, 0.15) is 31.7 Å². The van der Waals surface area contributed by atoms with Crippen LogP contribution >= 0.6 is 0 Å². The van der Waals surface area contributed by atoms with E-state index in [1.165, 1.54) is 17.7 Å². The van der Waals surface area contributed by atoms with Gasteiger partial charge in [-0.25, -0.2) is 13.6 Å². The molecule has 3 rings (SSSR count). The van der Waals surface area contributed by atoms with Crippen molar-refractivity contribution in [2.45, 2.75) is 26.2 Å². The third-order valence-corrected chi connectivity index (χ3v) is 4.23. The molecule has 0 saturated heterocycles. The second kappa shape index (κ2) is 6.07. The minimum atomic E-state index is -1.39. The summed E-state index contributed by atoms with van der Waals surface area (Å²) in [5, 5.41) is 0. The zero-order valence-corrected chi connectivity index (χ0v) is 12.5. The number of halogens is 3. The fourth-order valence-corrected chi connectivity index (χ4v) is 2.83. The maximum atomic E-state index is 14.0. The maximum absolute atomic E-state index is 14.0. The summed E-state index contributed by atoms with van der Waals surface area (Å²) < 4.78 is 46.2. The van der Waals surface area contributed by atoms with Gasteiger partial charge in [-0.3, -0.25) is 0 Å². The Balaban J connectivity index is 1.92. The highest BCUT2D eigenvalue weighted by Gasteiger charge is 2.30. The predicted octanol–water partition coefficient (Wildman–Crippen LogP) is 4.71. The molecule has 1 fully saturated rings. The molecule has 1 saturated carbocycles. The standard InChI is InChI=1S/C18H15F3O2/c1-2-3-13-14(19)9-15(20)16(21)17(13)23-18(22)12-7-5-10-4-6-11(10)8-12/h2-3,5,7,9,11H,4,6,8H2,1H3. The Hall–Kier alpha value is -2.30. The van der Waals surface area contributed by atoms with Gasteiger partial charge in [-0.15, -0.1) is 0 Å². The van der Waals surface area contributed by atoms with Crippen molar-refractivity contribution in [3.05, 3.63) is 58.5 Å². The van der Waals surface area contributed by atoms with Gasteiger partial charge in [-0.05, 0) is 32.1 Å². The molecule has 0 heterocycles. The van der Waals surface area contributed by atoms with Crippen molar-refractivity contribution in [3.8, 4) is 5.75 Å². The molecule has 1 unspecified atom stereocenters. The van der Waals surface area contributed by atoms with Crippen LogP contribution in [-0.2, 0) is 4.79 Å². The first kappa shape index (κ1) is 15.6. The predicted molar refractivity (Wildman–Crippen MR) is 80.2 cm³/mol. The van der Waals surface area contributed by atoms with Crippen LogP contribution in [0.5, 0.6) is 5.75 Å². The number of fused-ring (bicyclic) bond motifs is 1. The van der Waals surface area contributed by atoms with E-state index in [0.717, 1.165) is 12.8 Å². The molecule has 0 radical (unpaired) electrons. The van der Waals surface area contributed by atoms with Gasteiger partial charge in [0.25, 0.3) is 0 Å². The van der Waals surface area contributed by atoms with Crippen molar-refractivity contribution in [2.75, 3.05) is 0 Å². The van der Waals surface area contributed by atoms with Gasteiger partial charge in [0.1, 0.15) is 5.82 Å². The molecular weight excluding hydrogens is 305 g/mol. The summed E-state index contributed by atoms with van der Waals surface area (Å²) in [6.45, 7) is 1.60. The Morgan fingerprint density at radius 3 is 2.65 bits per heavy atom. The number of hydrogen-bond donors (Lipinski definition) is 0. The number of allylic oxidation sites excluding steroid dienone is 4. The number of hydrogen-bond acceptors (Lipinski definition) is 2. The maximum Gasteiger partial charge on any atom is 0.339 e. The topological polar surface area (TPSA) is 26.3 Å². The average Bonchev–Trinajstić information content (AvgIpc) is 2.49. The largest absolute Gasteiger partial charge is 0.419 e. The summed E-state index contributed by atoms with van der Waals surface area (Å²) in [6.07, 6.45) is 8.74. The zero-order valence-electron chi connectivity index (χ0n) is 12.5. The van der Waals surface area contributed by atoms with E-state index in [2.05, 4.69) is 0 Å². The van der Waals surface area contributed by atoms with Crippen LogP contribution < -0.4 is 4.74 Å². The smallest absolute Gasteiger partial charge is 0.339 e. The number of ether oxygens (including phenoxy) is 1. The van der Waals surface area contributed by atoms with Gasteiger partial charge in [-0.1, -0.05) is 29.9 Å². The van der Waals surface area contributed by atoms with Crippen LogP contribution in [0.4, 0.5) is 13.2 Å². The van der Waals surface area contributed by atoms with Gasteiger partial charge in [-0.2, -0.15) is 4.39 Å². The first-order chi connectivity index (χ1) is 11.0. The van der Waals surface area contributed by atoms with Gasteiger partial charge in [0, 0.05) is 11.6 Å². The number of carbonyl (C=O) groups excluding carboxylic acids is 1. The fourth-order valence-electron chi connectivity index (χ4n) is 2.83. The Morgan fingerprint density at radius 1 is 1.26 bits per heavy atom. The van der Waals surface area contributed by atoms with Gasteiger partial charge >= 0.3 is 5.97 Å². The average molecular weight is 320 g/mol. The lowest BCUT2D eigenvalue weighted by atomic mass is 9.73. The minimum absolute atomic E-state index is 0.281. The lowest BCUT2D eigenvalue weighted by Crippen LogP contribution is -2.23. The second-order valence-corrected chi connectivity index (χ2v) is 5.66. The monoisotopic (exact) mass is 320 g/mol. The second-order valence-electron chi connectivity index (χ2n) is 5.66. The van der Waals surface area contributed by atoms with Crippen molar-refractivity contribution < 1.29 is 22.7 Å². The molecule has 1 aromatic rings. The Kier molecular flexibility index (Phi) is 4.11. The molecule has 2 aliphatic rings. The van der Waals surface area contributed by atoms with E-state index in [4.69, 9.17) is 4.74 Å². The minimum Gasteiger partial charge on any atom is -0.419 e. The SMILES string of the molecule is CC=Cc1c(F)cc(F)c(F)c1OC(=O)C1=CC=C2CCC2C1. The van der Waals surface area contributed by atoms with Gasteiger partial charge in [0.05, 0.1) is 5.56 Å². The molecule has 5 heteroatoms. The molecule has 120 valence electrons. The normalized spacial score (nSPS) is 19.7. The van der Waals surface area contributed by atoms with Crippen molar-refractivity contribution in [1.29, 1.82) is 0 Å². The summed E-state index contributed by atoms with van der Waals surface area (Å²) in [4.78, 5) is 12.2. The highest BCUT2D eigenvalue weighted by Crippen LogP contribution is 2.41. The quantitative estimate of drug-likeness (QED) is 0.458. The van der Waals surface area contributed by atoms with E-state index >= 15 is 0 Å². The van der Waals surface area contributed by atoms with Crippen LogP contribution in [0.15, 0.2) is 35.4 Å². The van der Waals surface area contributed by atoms with Gasteiger partial charge in [0.15, 0.2) is 11.6 Å². The highest BCUT2D eigenvalue weighted by molar-refractivity contribution is 5.91. The van der Waals surface area contributed by atoms with Crippen LogP contribution in [0.2, 0.25) is 0 Å². The van der Waals surface area contributed by atoms with E-state index in [1.807, 2.05) is 6.08 Å². The van der Waals surface area contributed by atoms with Crippen LogP contribution in [0.3, 0.4) is 0 Å². The highest BCUT2D eigenvalue weighted by atomic mass is 19.2. The summed E-state index contributed by atoms with van der Waals surface area (Å²) in [6, 6.07) is 0.436. The van der Waals surface area contributed by atoms with E-state index in [1.54, 1.807) is 13.0 Å². The molecule has 0 spiro atoms. The molecule has 2 nitrogen and oxygen atoms in total. The van der Waals surface area contributed by atoms with E-state index in [-0.39, 0.29) is 5.56 Å². The van der Waals surface area contributed by atoms with E-state index in [9.17, 15) is 18.0 Å². The first-order valence-electron chi connectivity index (χ1n) is 7.43. The number of esters is 1. The molecular formula is C18H15F3O2. The van der Waals surface area contributed by atoms with Crippen molar-refractivity contribution >= 4 is 12.0 Å². The molecule has 0 aliphatic heterocycles. The molecule has 0 aromatic heterocycles. The fraction of sp³-hybridized carbons (Fsp3) is 0.278. The third-order valence-electron chi connectivity index (χ3n) is 4.23. The van der Waals surface area contributed by atoms with Crippen LogP contribution in [-0.4, -0.2) is 5.97 Å². The van der Waals surface area contributed by atoms with Crippen LogP contribution in [0, 0.1) is 23.4 Å². The molecule has 1 aromatic carbocycles. The third kappa shape index (κ3) is 2.83. The van der Waals surface area contributed by atoms with Crippen molar-refractivity contribution in [2.24, 2.45) is 5.92 Å². The first-order valence-corrected chi connectivity index (χ1v) is 7.43. The van der Waals surface area contributed by atoms with Gasteiger partial charge in [0.2, 0.25) is 5.82 Å². The van der Waals surface area contributed by atoms with Crippen molar-refractivity contribution in [1.82, 2.24) is 0 Å². The molecule has 2 aliphatic carbocycles. The molecule has 0 amide bonds. The summed E-state index contributed by atoms with van der Waals surface area (Å²) >= 11 is 0. The molecule has 0 N–H and O–H groups in total. The number of benzene rings is 1. The summed E-state index contributed by atoms with van der Waals surface area (Å²) in [5.41, 5.74) is 1.39. The Morgan fingerprint density at radius 2 is 2.04 bits per heavy atom. The zero-order chi connectivity index (χ0) is 16.6. The summed E-state index contributed by atoms with van der Waals surface area (Å²) in [5.74, 6) is -4.91. The lowest BCUT2D eigenvalue weighted by Gasteiger charge is -2.32. The van der Waals surface area contributed by atoms with Crippen LogP contribution in [0.25, 0.3) is 6.08 Å². The van der Waals surface area contributed by atoms with E-state index in [0.29, 0.717) is 24.0 Å². The molecule has 0 bridgehead atoms. The van der Waals surface area contributed by atoms with Gasteiger partial charge < -0.3 is 4.74 Å².